The van der Waals surface area contributed by atoms with Gasteiger partial charge in [-0.05, 0) is 18.8 Å². The van der Waals surface area contributed by atoms with Gasteiger partial charge < -0.3 is 19.4 Å². The third kappa shape index (κ3) is 5.93. The van der Waals surface area contributed by atoms with Crippen LogP contribution in [0.2, 0.25) is 0 Å². The maximum absolute atomic E-state index is 12.4. The second kappa shape index (κ2) is 10.4. The largest absolute Gasteiger partial charge is 0.383 e. The summed E-state index contributed by atoms with van der Waals surface area (Å²) in [7, 11) is 5.61. The fourth-order valence-electron chi connectivity index (χ4n) is 4.35. The Labute approximate surface area is 186 Å². The van der Waals surface area contributed by atoms with Crippen molar-refractivity contribution in [3.8, 4) is 0 Å². The van der Waals surface area contributed by atoms with E-state index < -0.39 is 0 Å². The molecule has 3 rings (SSSR count). The van der Waals surface area contributed by atoms with Crippen molar-refractivity contribution in [2.45, 2.75) is 51.4 Å². The highest BCUT2D eigenvalue weighted by Crippen LogP contribution is 2.32. The molecule has 8 heteroatoms. The van der Waals surface area contributed by atoms with Gasteiger partial charge in [-0.1, -0.05) is 13.8 Å². The van der Waals surface area contributed by atoms with E-state index in [1.807, 2.05) is 34.9 Å². The second-order valence-electron chi connectivity index (χ2n) is 9.39. The summed E-state index contributed by atoms with van der Waals surface area (Å²) >= 11 is 0. The number of likely N-dealkylation sites (tertiary alicyclic amines) is 2. The molecule has 3 heterocycles. The standard InChI is InChI=1S/C23H37N5O3/c1-16(2)12-21(29)27-8-6-17(7-9-27)23-24-19(14-20(25-23)26(3)4)18-13-22(30)28(15-18)10-11-31-5/h14,16-18H,6-13,15H2,1-5H3. The predicted octanol–water partition coefficient (Wildman–Crippen LogP) is 2.26. The Kier molecular flexibility index (Phi) is 7.86. The molecule has 2 aliphatic rings. The fraction of sp³-hybridized carbons (Fsp3) is 0.739. The molecule has 0 saturated carbocycles. The van der Waals surface area contributed by atoms with Gasteiger partial charge in [0.25, 0.3) is 0 Å². The van der Waals surface area contributed by atoms with Crippen molar-refractivity contribution in [2.24, 2.45) is 5.92 Å². The first-order chi connectivity index (χ1) is 14.8. The van der Waals surface area contributed by atoms with Crippen molar-refractivity contribution in [1.29, 1.82) is 0 Å². The first kappa shape index (κ1) is 23.4. The lowest BCUT2D eigenvalue weighted by Gasteiger charge is -2.32. The molecule has 1 aromatic rings. The summed E-state index contributed by atoms with van der Waals surface area (Å²) in [6.07, 6.45) is 2.85. The minimum atomic E-state index is 0.0810. The normalized spacial score (nSPS) is 20.1. The SMILES string of the molecule is COCCN1CC(c2cc(N(C)C)nc(C3CCN(C(=O)CC(C)C)CC3)n2)CC1=O. The number of anilines is 1. The van der Waals surface area contributed by atoms with E-state index in [0.29, 0.717) is 38.5 Å². The number of hydrogen-bond acceptors (Lipinski definition) is 6. The zero-order valence-corrected chi connectivity index (χ0v) is 19.6. The average Bonchev–Trinajstić information content (AvgIpc) is 3.12. The van der Waals surface area contributed by atoms with E-state index in [1.165, 1.54) is 0 Å². The lowest BCUT2D eigenvalue weighted by Crippen LogP contribution is -2.38. The van der Waals surface area contributed by atoms with Crippen molar-refractivity contribution in [3.63, 3.8) is 0 Å². The number of hydrogen-bond donors (Lipinski definition) is 0. The highest BCUT2D eigenvalue weighted by Gasteiger charge is 2.33. The average molecular weight is 432 g/mol. The maximum atomic E-state index is 12.4. The van der Waals surface area contributed by atoms with Crippen LogP contribution in [0.4, 0.5) is 5.82 Å². The Morgan fingerprint density at radius 1 is 1.23 bits per heavy atom. The van der Waals surface area contributed by atoms with Crippen LogP contribution in [0, 0.1) is 5.92 Å². The molecule has 0 radical (unpaired) electrons. The third-order valence-electron chi connectivity index (χ3n) is 6.20. The van der Waals surface area contributed by atoms with Crippen LogP contribution in [0.3, 0.4) is 0 Å². The molecule has 1 aromatic heterocycles. The molecule has 0 spiro atoms. The van der Waals surface area contributed by atoms with Crippen LogP contribution >= 0.6 is 0 Å². The van der Waals surface area contributed by atoms with Crippen molar-refractivity contribution in [3.05, 3.63) is 17.6 Å². The topological polar surface area (TPSA) is 78.9 Å². The van der Waals surface area contributed by atoms with E-state index in [4.69, 9.17) is 14.7 Å². The molecule has 172 valence electrons. The van der Waals surface area contributed by atoms with Crippen LogP contribution in [0.15, 0.2) is 6.07 Å². The van der Waals surface area contributed by atoms with E-state index in [9.17, 15) is 9.59 Å². The van der Waals surface area contributed by atoms with Crippen LogP contribution in [0.1, 0.15) is 62.9 Å². The van der Waals surface area contributed by atoms with Crippen LogP contribution in [0.25, 0.3) is 0 Å². The van der Waals surface area contributed by atoms with Crippen molar-refractivity contribution < 1.29 is 14.3 Å². The van der Waals surface area contributed by atoms with Crippen LogP contribution in [-0.4, -0.2) is 85.6 Å². The van der Waals surface area contributed by atoms with Gasteiger partial charge in [-0.25, -0.2) is 9.97 Å². The molecule has 0 N–H and O–H groups in total. The molecular formula is C23H37N5O3. The zero-order valence-electron chi connectivity index (χ0n) is 19.6. The van der Waals surface area contributed by atoms with E-state index in [2.05, 4.69) is 13.8 Å². The lowest BCUT2D eigenvalue weighted by atomic mass is 9.94. The molecule has 0 aliphatic carbocycles. The quantitative estimate of drug-likeness (QED) is 0.628. The molecular weight excluding hydrogens is 394 g/mol. The number of nitrogens with zero attached hydrogens (tertiary/aromatic N) is 5. The minimum absolute atomic E-state index is 0.0810. The first-order valence-corrected chi connectivity index (χ1v) is 11.4. The fourth-order valence-corrected chi connectivity index (χ4v) is 4.35. The molecule has 2 saturated heterocycles. The summed E-state index contributed by atoms with van der Waals surface area (Å²) in [5.41, 5.74) is 0.945. The van der Waals surface area contributed by atoms with Gasteiger partial charge in [0.1, 0.15) is 11.6 Å². The van der Waals surface area contributed by atoms with E-state index in [1.54, 1.807) is 7.11 Å². The summed E-state index contributed by atoms with van der Waals surface area (Å²) < 4.78 is 5.13. The van der Waals surface area contributed by atoms with Crippen LogP contribution in [-0.2, 0) is 14.3 Å². The van der Waals surface area contributed by atoms with Gasteiger partial charge in [0.05, 0.1) is 12.3 Å². The van der Waals surface area contributed by atoms with Gasteiger partial charge in [0, 0.05) is 78.1 Å². The molecule has 0 aromatic carbocycles. The zero-order chi connectivity index (χ0) is 22.5. The number of aromatic nitrogens is 2. The summed E-state index contributed by atoms with van der Waals surface area (Å²) in [5.74, 6) is 2.83. The van der Waals surface area contributed by atoms with Gasteiger partial charge in [-0.3, -0.25) is 9.59 Å². The number of ether oxygens (including phenoxy) is 1. The van der Waals surface area contributed by atoms with Crippen LogP contribution in [0.5, 0.6) is 0 Å². The van der Waals surface area contributed by atoms with Crippen molar-refractivity contribution in [1.82, 2.24) is 19.8 Å². The van der Waals surface area contributed by atoms with E-state index in [-0.39, 0.29) is 23.7 Å². The number of amides is 2. The van der Waals surface area contributed by atoms with Gasteiger partial charge in [-0.15, -0.1) is 0 Å². The summed E-state index contributed by atoms with van der Waals surface area (Å²) in [6, 6.07) is 2.02. The Balaban J connectivity index is 1.73. The van der Waals surface area contributed by atoms with Gasteiger partial charge in [-0.2, -0.15) is 0 Å². The smallest absolute Gasteiger partial charge is 0.223 e. The van der Waals surface area contributed by atoms with Gasteiger partial charge in [0.15, 0.2) is 0 Å². The summed E-state index contributed by atoms with van der Waals surface area (Å²) in [5, 5.41) is 0. The van der Waals surface area contributed by atoms with Gasteiger partial charge in [0.2, 0.25) is 11.8 Å². The van der Waals surface area contributed by atoms with Gasteiger partial charge >= 0.3 is 0 Å². The Bertz CT molecular complexity index is 774. The summed E-state index contributed by atoms with van der Waals surface area (Å²) in [6.45, 7) is 7.51. The molecule has 1 unspecified atom stereocenters. The molecule has 2 amide bonds. The minimum Gasteiger partial charge on any atom is -0.383 e. The molecule has 2 fully saturated rings. The number of carbonyl (C=O) groups is 2. The molecule has 0 bridgehead atoms. The molecule has 1 atom stereocenters. The van der Waals surface area contributed by atoms with Crippen molar-refractivity contribution in [2.75, 3.05) is 58.9 Å². The second-order valence-corrected chi connectivity index (χ2v) is 9.39. The number of methoxy groups -OCH3 is 1. The van der Waals surface area contributed by atoms with E-state index in [0.717, 1.165) is 43.3 Å². The Hall–Kier alpha value is -2.22. The number of piperidine rings is 1. The highest BCUT2D eigenvalue weighted by molar-refractivity contribution is 5.79. The Morgan fingerprint density at radius 3 is 2.55 bits per heavy atom. The third-order valence-corrected chi connectivity index (χ3v) is 6.20. The van der Waals surface area contributed by atoms with Crippen LogP contribution < -0.4 is 4.90 Å². The molecule has 31 heavy (non-hydrogen) atoms. The summed E-state index contributed by atoms with van der Waals surface area (Å²) in [4.78, 5) is 40.4. The maximum Gasteiger partial charge on any atom is 0.223 e. The lowest BCUT2D eigenvalue weighted by molar-refractivity contribution is -0.133. The van der Waals surface area contributed by atoms with Crippen molar-refractivity contribution >= 4 is 17.6 Å². The molecule has 2 aliphatic heterocycles. The first-order valence-electron chi connectivity index (χ1n) is 11.4. The predicted molar refractivity (Wildman–Crippen MR) is 120 cm³/mol. The highest BCUT2D eigenvalue weighted by atomic mass is 16.5. The monoisotopic (exact) mass is 431 g/mol. The number of rotatable bonds is 8. The number of carbonyl (C=O) groups excluding carboxylic acids is 2. The molecule has 8 nitrogen and oxygen atoms in total. The van der Waals surface area contributed by atoms with E-state index >= 15 is 0 Å². The Morgan fingerprint density at radius 2 is 1.94 bits per heavy atom.